The van der Waals surface area contributed by atoms with E-state index in [-0.39, 0.29) is 0 Å². The van der Waals surface area contributed by atoms with Gasteiger partial charge in [-0.3, -0.25) is 14.4 Å². The lowest BCUT2D eigenvalue weighted by atomic mass is 10.0. The van der Waals surface area contributed by atoms with E-state index >= 15 is 0 Å². The predicted molar refractivity (Wildman–Crippen MR) is 115 cm³/mol. The van der Waals surface area contributed by atoms with Gasteiger partial charge in [-0.15, -0.1) is 0 Å². The van der Waals surface area contributed by atoms with Crippen LogP contribution in [0.1, 0.15) is 20.3 Å². The van der Waals surface area contributed by atoms with Crippen LogP contribution in [0.25, 0.3) is 21.8 Å². The molecule has 2 N–H and O–H groups in total. The van der Waals surface area contributed by atoms with Crippen LogP contribution < -0.4 is 5.32 Å². The van der Waals surface area contributed by atoms with Crippen LogP contribution in [0, 0.1) is 5.92 Å². The van der Waals surface area contributed by atoms with Crippen LogP contribution in [0.3, 0.4) is 0 Å². The number of Topliss-reactive ketones (excluding diaryl/α,β-unsaturated/α-hetero) is 1. The first-order valence-corrected chi connectivity index (χ1v) is 10.0. The Morgan fingerprint density at radius 3 is 2.00 bits per heavy atom. The summed E-state index contributed by atoms with van der Waals surface area (Å²) in [5.74, 6) is -3.82. The topological polar surface area (TPSA) is 115 Å². The maximum Gasteiger partial charge on any atom is 0.419 e. The molecule has 9 heteroatoms. The Morgan fingerprint density at radius 1 is 1.00 bits per heavy atom. The van der Waals surface area contributed by atoms with Gasteiger partial charge in [-0.25, -0.2) is 13.8 Å². The second kappa shape index (κ2) is 9.59. The van der Waals surface area contributed by atoms with E-state index in [1.165, 1.54) is 4.57 Å². The van der Waals surface area contributed by atoms with Crippen molar-refractivity contribution < 1.29 is 33.4 Å². The highest BCUT2D eigenvalue weighted by Gasteiger charge is 2.32. The van der Waals surface area contributed by atoms with Gasteiger partial charge in [0, 0.05) is 10.8 Å². The summed E-state index contributed by atoms with van der Waals surface area (Å²) in [7, 11) is 0. The van der Waals surface area contributed by atoms with Gasteiger partial charge in [-0.05, 0) is 18.1 Å². The Bertz CT molecular complexity index is 1130. The van der Waals surface area contributed by atoms with Gasteiger partial charge in [0.25, 0.3) is 5.91 Å². The maximum absolute atomic E-state index is 13.1. The van der Waals surface area contributed by atoms with Gasteiger partial charge in [0.2, 0.25) is 0 Å². The van der Waals surface area contributed by atoms with Gasteiger partial charge in [-0.1, -0.05) is 50.2 Å². The van der Waals surface area contributed by atoms with Crippen LogP contribution in [0.15, 0.2) is 48.5 Å². The maximum atomic E-state index is 13.1. The molecule has 0 radical (unpaired) electrons. The molecule has 1 unspecified atom stereocenters. The molecule has 0 aliphatic carbocycles. The lowest BCUT2D eigenvalue weighted by molar-refractivity contribution is -0.141. The summed E-state index contributed by atoms with van der Waals surface area (Å²) < 4.78 is 19.7. The van der Waals surface area contributed by atoms with E-state index in [9.17, 15) is 23.6 Å². The van der Waals surface area contributed by atoms with Gasteiger partial charge in [-0.2, -0.15) is 0 Å². The molecule has 0 saturated carbocycles. The van der Waals surface area contributed by atoms with E-state index in [0.29, 0.717) is 11.0 Å². The van der Waals surface area contributed by atoms with Gasteiger partial charge in [0.1, 0.15) is 12.7 Å². The lowest BCUT2D eigenvalue weighted by Gasteiger charge is -2.23. The van der Waals surface area contributed by atoms with Crippen molar-refractivity contribution in [3.63, 3.8) is 0 Å². The molecule has 0 bridgehead atoms. The number of nitrogens with one attached hydrogen (secondary N) is 1. The van der Waals surface area contributed by atoms with Crippen molar-refractivity contribution in [2.45, 2.75) is 32.4 Å². The first-order valence-electron chi connectivity index (χ1n) is 10.0. The Kier molecular flexibility index (Phi) is 6.87. The van der Waals surface area contributed by atoms with Crippen LogP contribution in [-0.2, 0) is 19.1 Å². The molecule has 8 nitrogen and oxygen atoms in total. The average Bonchev–Trinajstić information content (AvgIpc) is 3.10. The van der Waals surface area contributed by atoms with Crippen molar-refractivity contribution in [3.05, 3.63) is 48.5 Å². The van der Waals surface area contributed by atoms with E-state index in [4.69, 9.17) is 9.84 Å². The number of nitrogens with zero attached hydrogens (tertiary/aromatic N) is 1. The minimum absolute atomic E-state index is 0.502. The molecule has 168 valence electrons. The van der Waals surface area contributed by atoms with E-state index in [0.717, 1.165) is 10.8 Å². The average molecular weight is 442 g/mol. The van der Waals surface area contributed by atoms with Crippen LogP contribution in [0.2, 0.25) is 0 Å². The minimum Gasteiger partial charge on any atom is -0.481 e. The third kappa shape index (κ3) is 4.61. The second-order valence-corrected chi connectivity index (χ2v) is 7.68. The molecule has 0 spiro atoms. The number of alkyl halides is 1. The third-order valence-corrected chi connectivity index (χ3v) is 5.07. The lowest BCUT2D eigenvalue weighted by Crippen LogP contribution is -2.49. The molecule has 0 aliphatic heterocycles. The fraction of sp³-hybridized carbons (Fsp3) is 0.304. The van der Waals surface area contributed by atoms with Gasteiger partial charge >= 0.3 is 12.1 Å². The highest BCUT2D eigenvalue weighted by atomic mass is 19.1. The largest absolute Gasteiger partial charge is 0.481 e. The van der Waals surface area contributed by atoms with Crippen molar-refractivity contribution in [2.75, 3.05) is 6.67 Å². The molecule has 3 rings (SSSR count). The summed E-state index contributed by atoms with van der Waals surface area (Å²) in [5, 5.41) is 12.8. The van der Waals surface area contributed by atoms with Gasteiger partial charge < -0.3 is 15.2 Å². The van der Waals surface area contributed by atoms with Gasteiger partial charge in [0.15, 0.2) is 11.9 Å². The molecule has 3 aromatic rings. The molecule has 2 atom stereocenters. The molecule has 1 heterocycles. The normalized spacial score (nSPS) is 13.1. The summed E-state index contributed by atoms with van der Waals surface area (Å²) in [6.45, 7) is 1.84. The van der Waals surface area contributed by atoms with Crippen molar-refractivity contribution in [1.82, 2.24) is 9.88 Å². The van der Waals surface area contributed by atoms with Crippen LogP contribution in [0.5, 0.6) is 0 Å². The number of aliphatic carboxylic acids is 1. The third-order valence-electron chi connectivity index (χ3n) is 5.07. The van der Waals surface area contributed by atoms with E-state index < -0.39 is 54.9 Å². The summed E-state index contributed by atoms with van der Waals surface area (Å²) in [6.07, 6.45) is -2.91. The standard InChI is InChI=1S/C23H23FN2O6/c1-13(2)21(22(30)25-16(11-20(28)29)19(27)12-24)32-23(31)26-17-9-5-3-7-14(17)15-8-4-6-10-18(15)26/h3-10,13,16,21H,11-12H2,1-2H3,(H,25,30)(H,28,29)/t16-,21?/m0/s1. The second-order valence-electron chi connectivity index (χ2n) is 7.68. The number of amides is 1. The number of carbonyl (C=O) groups is 4. The Hall–Kier alpha value is -3.75. The summed E-state index contributed by atoms with van der Waals surface area (Å²) >= 11 is 0. The molecule has 0 aliphatic rings. The zero-order valence-corrected chi connectivity index (χ0v) is 17.6. The molecule has 1 aromatic heterocycles. The highest BCUT2D eigenvalue weighted by molar-refractivity contribution is 6.12. The fourth-order valence-electron chi connectivity index (χ4n) is 3.54. The molecule has 2 aromatic carbocycles. The number of hydrogen-bond acceptors (Lipinski definition) is 5. The number of ketones is 1. The highest BCUT2D eigenvalue weighted by Crippen LogP contribution is 2.29. The van der Waals surface area contributed by atoms with Crippen LogP contribution >= 0.6 is 0 Å². The number of ether oxygens (including phenoxy) is 1. The quantitative estimate of drug-likeness (QED) is 0.553. The summed E-state index contributed by atoms with van der Waals surface area (Å²) in [6, 6.07) is 12.9. The van der Waals surface area contributed by atoms with Crippen molar-refractivity contribution in [3.8, 4) is 0 Å². The van der Waals surface area contributed by atoms with E-state index in [2.05, 4.69) is 5.32 Å². The molecule has 0 fully saturated rings. The number of para-hydroxylation sites is 2. The monoisotopic (exact) mass is 442 g/mol. The zero-order chi connectivity index (χ0) is 23.4. The number of carbonyl (C=O) groups excluding carboxylic acids is 3. The Balaban J connectivity index is 1.91. The number of carboxylic acids is 1. The van der Waals surface area contributed by atoms with Crippen LogP contribution in [0.4, 0.5) is 9.18 Å². The number of aromatic nitrogens is 1. The molecular formula is C23H23FN2O6. The fourth-order valence-corrected chi connectivity index (χ4v) is 3.54. The molecular weight excluding hydrogens is 419 g/mol. The number of halogens is 1. The molecule has 1 amide bonds. The van der Waals surface area contributed by atoms with Crippen LogP contribution in [-0.4, -0.2) is 52.2 Å². The smallest absolute Gasteiger partial charge is 0.419 e. The van der Waals surface area contributed by atoms with Gasteiger partial charge in [0.05, 0.1) is 17.5 Å². The summed E-state index contributed by atoms with van der Waals surface area (Å²) in [5.41, 5.74) is 1.19. The number of benzene rings is 2. The zero-order valence-electron chi connectivity index (χ0n) is 17.6. The Morgan fingerprint density at radius 2 is 1.53 bits per heavy atom. The Labute approximate surface area is 182 Å². The number of carboxylic acid groups (broad SMARTS) is 1. The minimum atomic E-state index is -1.56. The van der Waals surface area contributed by atoms with E-state index in [1.807, 2.05) is 24.3 Å². The molecule has 32 heavy (non-hydrogen) atoms. The molecule has 0 saturated heterocycles. The van der Waals surface area contributed by atoms with Crippen molar-refractivity contribution in [2.24, 2.45) is 5.92 Å². The van der Waals surface area contributed by atoms with Crippen molar-refractivity contribution >= 4 is 45.6 Å². The SMILES string of the molecule is CC(C)C(OC(=O)n1c2ccccc2c2ccccc21)C(=O)N[C@@H](CC(=O)O)C(=O)CF. The number of fused-ring (bicyclic) bond motifs is 3. The van der Waals surface area contributed by atoms with Crippen molar-refractivity contribution in [1.29, 1.82) is 0 Å². The number of rotatable bonds is 8. The number of hydrogen-bond donors (Lipinski definition) is 2. The first-order chi connectivity index (χ1) is 15.2. The first kappa shape index (κ1) is 22.9. The predicted octanol–water partition coefficient (Wildman–Crippen LogP) is 3.30. The summed E-state index contributed by atoms with van der Waals surface area (Å²) in [4.78, 5) is 48.6. The van der Waals surface area contributed by atoms with E-state index in [1.54, 1.807) is 38.1 Å².